The van der Waals surface area contributed by atoms with E-state index in [-0.39, 0.29) is 12.7 Å². The van der Waals surface area contributed by atoms with Crippen molar-refractivity contribution in [1.82, 2.24) is 10.2 Å². The molecule has 2 aromatic rings. The van der Waals surface area contributed by atoms with Gasteiger partial charge in [0.05, 0.1) is 0 Å². The number of hydrogen-bond donors (Lipinski definition) is 1. The summed E-state index contributed by atoms with van der Waals surface area (Å²) in [5, 5.41) is 3.59. The minimum Gasteiger partial charge on any atom is -0.454 e. The topological polar surface area (TPSA) is 50.8 Å². The van der Waals surface area contributed by atoms with Gasteiger partial charge in [-0.1, -0.05) is 36.4 Å². The average molecular weight is 362 g/mol. The van der Waals surface area contributed by atoms with Gasteiger partial charge in [0.2, 0.25) is 6.79 Å². The number of fused-ring (bicyclic) bond motifs is 3. The normalized spacial score (nSPS) is 25.5. The number of amides is 1. The number of allylic oxidation sites excluding steroid dienone is 1. The van der Waals surface area contributed by atoms with Crippen molar-refractivity contribution in [2.45, 2.75) is 24.9 Å². The third-order valence-electron chi connectivity index (χ3n) is 5.72. The summed E-state index contributed by atoms with van der Waals surface area (Å²) in [5.74, 6) is 1.90. The molecular weight excluding hydrogens is 340 g/mol. The fourth-order valence-electron chi connectivity index (χ4n) is 4.39. The van der Waals surface area contributed by atoms with Gasteiger partial charge in [0.1, 0.15) is 0 Å². The molecule has 1 unspecified atom stereocenters. The van der Waals surface area contributed by atoms with Gasteiger partial charge in [-0.25, -0.2) is 0 Å². The second kappa shape index (κ2) is 6.43. The molecule has 6 rings (SSSR count). The van der Waals surface area contributed by atoms with E-state index in [4.69, 9.17) is 9.47 Å². The number of carbonyl (C=O) groups is 1. The van der Waals surface area contributed by atoms with E-state index in [0.717, 1.165) is 13.1 Å². The lowest BCUT2D eigenvalue weighted by atomic mass is 9.74. The van der Waals surface area contributed by atoms with Crippen LogP contribution >= 0.6 is 0 Å². The first-order valence-electron chi connectivity index (χ1n) is 9.40. The predicted octanol–water partition coefficient (Wildman–Crippen LogP) is 3.03. The van der Waals surface area contributed by atoms with Crippen LogP contribution in [0.3, 0.4) is 0 Å². The molecule has 0 aliphatic carbocycles. The first-order chi connectivity index (χ1) is 13.2. The number of hydrogen-bond acceptors (Lipinski definition) is 4. The molecule has 3 atom stereocenters. The highest BCUT2D eigenvalue weighted by molar-refractivity contribution is 5.95. The van der Waals surface area contributed by atoms with Gasteiger partial charge in [-0.3, -0.25) is 4.79 Å². The molecule has 0 radical (unpaired) electrons. The molecule has 2 aromatic carbocycles. The van der Waals surface area contributed by atoms with Crippen LogP contribution in [-0.2, 0) is 0 Å². The summed E-state index contributed by atoms with van der Waals surface area (Å²) in [6.45, 7) is 3.70. The van der Waals surface area contributed by atoms with Gasteiger partial charge in [0.25, 0.3) is 5.91 Å². The smallest absolute Gasteiger partial charge is 0.254 e. The second-order valence-electron chi connectivity index (χ2n) is 7.35. The Hall–Kier alpha value is -2.79. The molecule has 1 N–H and O–H groups in total. The third kappa shape index (κ3) is 2.79. The molecule has 0 spiro atoms. The monoisotopic (exact) mass is 362 g/mol. The van der Waals surface area contributed by atoms with Crippen LogP contribution in [0.25, 0.3) is 6.08 Å². The highest BCUT2D eigenvalue weighted by Gasteiger charge is 2.48. The number of benzene rings is 2. The average Bonchev–Trinajstić information content (AvgIpc) is 3.17. The molecule has 138 valence electrons. The Kier molecular flexibility index (Phi) is 3.90. The number of nitrogens with zero attached hydrogens (tertiary/aromatic N) is 1. The van der Waals surface area contributed by atoms with Crippen molar-refractivity contribution < 1.29 is 14.3 Å². The molecule has 1 amide bonds. The molecule has 27 heavy (non-hydrogen) atoms. The highest BCUT2D eigenvalue weighted by atomic mass is 16.7. The maximum atomic E-state index is 12.9. The fraction of sp³-hybridized carbons (Fsp3) is 0.318. The predicted molar refractivity (Wildman–Crippen MR) is 103 cm³/mol. The number of piperazine rings is 1. The minimum absolute atomic E-state index is 0.0617. The van der Waals surface area contributed by atoms with E-state index in [2.05, 4.69) is 35.7 Å². The first-order valence-corrected chi connectivity index (χ1v) is 9.40. The Morgan fingerprint density at radius 3 is 2.56 bits per heavy atom. The van der Waals surface area contributed by atoms with Crippen molar-refractivity contribution in [1.29, 1.82) is 0 Å². The summed E-state index contributed by atoms with van der Waals surface area (Å²) >= 11 is 0. The van der Waals surface area contributed by atoms with Crippen molar-refractivity contribution in [3.05, 3.63) is 65.2 Å². The van der Waals surface area contributed by atoms with Gasteiger partial charge in [0.15, 0.2) is 11.5 Å². The molecule has 5 heteroatoms. The van der Waals surface area contributed by atoms with Crippen LogP contribution in [0.1, 0.15) is 34.3 Å². The van der Waals surface area contributed by atoms with E-state index in [9.17, 15) is 4.79 Å². The molecule has 4 heterocycles. The number of nitrogens with one attached hydrogen (secondary N) is 1. The molecule has 2 bridgehead atoms. The van der Waals surface area contributed by atoms with Crippen molar-refractivity contribution >= 4 is 12.0 Å². The van der Waals surface area contributed by atoms with E-state index in [1.165, 1.54) is 11.1 Å². The van der Waals surface area contributed by atoms with Crippen LogP contribution in [-0.4, -0.2) is 42.8 Å². The number of rotatable bonds is 3. The summed E-state index contributed by atoms with van der Waals surface area (Å²) in [6, 6.07) is 14.8. The molecule has 3 fully saturated rings. The molecule has 0 aromatic heterocycles. The van der Waals surface area contributed by atoms with Crippen molar-refractivity contribution in [2.24, 2.45) is 0 Å². The van der Waals surface area contributed by atoms with Gasteiger partial charge in [-0.2, -0.15) is 0 Å². The van der Waals surface area contributed by atoms with E-state index in [1.807, 2.05) is 30.0 Å². The zero-order chi connectivity index (χ0) is 18.4. The van der Waals surface area contributed by atoms with E-state index in [0.29, 0.717) is 35.1 Å². The first kappa shape index (κ1) is 16.4. The van der Waals surface area contributed by atoms with Crippen LogP contribution in [0, 0.1) is 0 Å². The van der Waals surface area contributed by atoms with Crippen LogP contribution in [0.2, 0.25) is 0 Å². The van der Waals surface area contributed by atoms with Crippen molar-refractivity contribution in [2.75, 3.05) is 19.9 Å². The Labute approximate surface area is 158 Å². The lowest BCUT2D eigenvalue weighted by molar-refractivity contribution is 0.0367. The van der Waals surface area contributed by atoms with Crippen molar-refractivity contribution in [3.63, 3.8) is 0 Å². The van der Waals surface area contributed by atoms with E-state index < -0.39 is 0 Å². The van der Waals surface area contributed by atoms with Gasteiger partial charge < -0.3 is 19.7 Å². The summed E-state index contributed by atoms with van der Waals surface area (Å²) in [6.07, 6.45) is 4.16. The van der Waals surface area contributed by atoms with Gasteiger partial charge in [0, 0.05) is 36.7 Å². The Morgan fingerprint density at radius 2 is 1.81 bits per heavy atom. The van der Waals surface area contributed by atoms with Crippen LogP contribution in [0.4, 0.5) is 0 Å². The maximum absolute atomic E-state index is 12.9. The Bertz CT molecular complexity index is 894. The molecule has 4 aliphatic heterocycles. The van der Waals surface area contributed by atoms with Crippen LogP contribution in [0.15, 0.2) is 48.5 Å². The molecule has 4 aliphatic rings. The maximum Gasteiger partial charge on any atom is 0.254 e. The highest BCUT2D eigenvalue weighted by Crippen LogP contribution is 2.38. The Balaban J connectivity index is 1.29. The third-order valence-corrected chi connectivity index (χ3v) is 5.72. The van der Waals surface area contributed by atoms with E-state index in [1.54, 1.807) is 6.07 Å². The van der Waals surface area contributed by atoms with Crippen LogP contribution in [0.5, 0.6) is 11.5 Å². The van der Waals surface area contributed by atoms with Gasteiger partial charge in [-0.15, -0.1) is 0 Å². The molecule has 3 saturated heterocycles. The summed E-state index contributed by atoms with van der Waals surface area (Å²) in [5.41, 5.74) is 3.23. The van der Waals surface area contributed by atoms with Gasteiger partial charge >= 0.3 is 0 Å². The Morgan fingerprint density at radius 1 is 1.07 bits per heavy atom. The van der Waals surface area contributed by atoms with Crippen LogP contribution < -0.4 is 14.8 Å². The van der Waals surface area contributed by atoms with E-state index >= 15 is 0 Å². The minimum atomic E-state index is 0.0617. The number of piperidine rings is 1. The quantitative estimate of drug-likeness (QED) is 0.912. The van der Waals surface area contributed by atoms with Gasteiger partial charge in [-0.05, 0) is 36.2 Å². The number of carbonyl (C=O) groups excluding carboxylic acids is 1. The fourth-order valence-corrected chi connectivity index (χ4v) is 4.39. The number of ether oxygens (including phenoxy) is 2. The lowest BCUT2D eigenvalue weighted by Gasteiger charge is -2.54. The second-order valence-corrected chi connectivity index (χ2v) is 7.35. The van der Waals surface area contributed by atoms with Crippen molar-refractivity contribution in [3.8, 4) is 11.5 Å². The zero-order valence-corrected chi connectivity index (χ0v) is 15.2. The SMILES string of the molecule is C/C=C/c1ccc(C2[C@@H]3CN(C(=O)c4ccc5c(c4)OCO5)C[C@H]2N3)cc1. The zero-order valence-electron chi connectivity index (χ0n) is 15.2. The molecule has 5 nitrogen and oxygen atoms in total. The molecular formula is C22H22N2O3. The largest absolute Gasteiger partial charge is 0.454 e. The standard InChI is InChI=1S/C22H22N2O3/c1-2-3-14-4-6-15(7-5-14)21-17-11-24(12-18(21)23-17)22(25)16-8-9-19-20(10-16)27-13-26-19/h2-10,17-18,21,23H,11-13H2,1H3/b3-2+/t17-,18+,21?. The summed E-state index contributed by atoms with van der Waals surface area (Å²) < 4.78 is 10.7. The lowest BCUT2D eigenvalue weighted by Crippen LogP contribution is -2.72. The summed E-state index contributed by atoms with van der Waals surface area (Å²) in [7, 11) is 0. The molecule has 0 saturated carbocycles. The summed E-state index contributed by atoms with van der Waals surface area (Å²) in [4.78, 5) is 14.9.